The maximum Gasteiger partial charge on any atom is 0.0412 e. The first kappa shape index (κ1) is 12.1. The highest BCUT2D eigenvalue weighted by Gasteiger charge is 2.57. The Morgan fingerprint density at radius 3 is 2.90 bits per heavy atom. The number of pyridine rings is 1. The van der Waals surface area contributed by atoms with Gasteiger partial charge >= 0.3 is 0 Å². The Labute approximate surface area is 121 Å². The van der Waals surface area contributed by atoms with Crippen molar-refractivity contribution in [3.05, 3.63) is 64.5 Å². The average molecular weight is 263 g/mol. The van der Waals surface area contributed by atoms with Gasteiger partial charge in [-0.05, 0) is 79.7 Å². The summed E-state index contributed by atoms with van der Waals surface area (Å²) >= 11 is 0. The van der Waals surface area contributed by atoms with Crippen molar-refractivity contribution in [3.8, 4) is 0 Å². The summed E-state index contributed by atoms with van der Waals surface area (Å²) in [6.45, 7) is 4.27. The van der Waals surface area contributed by atoms with Crippen LogP contribution in [0.4, 0.5) is 0 Å². The monoisotopic (exact) mass is 263 g/mol. The molecule has 0 aliphatic heterocycles. The first-order valence-corrected chi connectivity index (χ1v) is 7.70. The molecule has 1 nitrogen and oxygen atoms in total. The van der Waals surface area contributed by atoms with Gasteiger partial charge in [-0.3, -0.25) is 4.98 Å². The van der Waals surface area contributed by atoms with Crippen molar-refractivity contribution in [2.45, 2.75) is 44.9 Å². The maximum atomic E-state index is 4.72. The molecule has 0 saturated heterocycles. The lowest BCUT2D eigenvalue weighted by atomic mass is 9.93. The quantitative estimate of drug-likeness (QED) is 0.793. The van der Waals surface area contributed by atoms with Crippen LogP contribution < -0.4 is 0 Å². The summed E-state index contributed by atoms with van der Waals surface area (Å²) in [7, 11) is 0. The Morgan fingerprint density at radius 1 is 1.20 bits per heavy atom. The van der Waals surface area contributed by atoms with Crippen molar-refractivity contribution in [2.24, 2.45) is 5.92 Å². The summed E-state index contributed by atoms with van der Waals surface area (Å²) in [6.07, 6.45) is 5.13. The predicted molar refractivity (Wildman–Crippen MR) is 82.0 cm³/mol. The van der Waals surface area contributed by atoms with Gasteiger partial charge in [0.2, 0.25) is 0 Å². The second-order valence-corrected chi connectivity index (χ2v) is 6.70. The lowest BCUT2D eigenvalue weighted by Crippen LogP contribution is -2.07. The molecule has 1 heterocycles. The second kappa shape index (κ2) is 4.18. The van der Waals surface area contributed by atoms with E-state index in [0.717, 1.165) is 18.0 Å². The van der Waals surface area contributed by atoms with Crippen LogP contribution in [-0.2, 0) is 18.3 Å². The summed E-state index contributed by atoms with van der Waals surface area (Å²) in [4.78, 5) is 4.72. The van der Waals surface area contributed by atoms with Crippen molar-refractivity contribution >= 4 is 0 Å². The standard InChI is InChI=1S/C19H21N/c1-13-9-14(2)20-17(10-13)11-16-12-19(16)8-7-15-5-3-4-6-18(15)19/h3-6,9-10,16H,7-8,11-12H2,1-2H3/t16-,19-/m1/s1. The van der Waals surface area contributed by atoms with Crippen molar-refractivity contribution in [2.75, 3.05) is 0 Å². The maximum absolute atomic E-state index is 4.72. The summed E-state index contributed by atoms with van der Waals surface area (Å²) in [6, 6.07) is 13.5. The zero-order valence-corrected chi connectivity index (χ0v) is 12.3. The Kier molecular flexibility index (Phi) is 2.54. The molecule has 2 atom stereocenters. The zero-order chi connectivity index (χ0) is 13.7. The van der Waals surface area contributed by atoms with Crippen LogP contribution in [0.15, 0.2) is 36.4 Å². The molecule has 102 valence electrons. The Bertz CT molecular complexity index is 653. The number of hydrogen-bond acceptors (Lipinski definition) is 1. The highest BCUT2D eigenvalue weighted by Crippen LogP contribution is 2.62. The zero-order valence-electron chi connectivity index (χ0n) is 12.3. The molecule has 2 aromatic rings. The van der Waals surface area contributed by atoms with Crippen LogP contribution in [0.3, 0.4) is 0 Å². The molecule has 1 saturated carbocycles. The third kappa shape index (κ3) is 1.80. The molecule has 20 heavy (non-hydrogen) atoms. The Hall–Kier alpha value is -1.63. The molecule has 0 N–H and O–H groups in total. The van der Waals surface area contributed by atoms with Gasteiger partial charge in [0.1, 0.15) is 0 Å². The van der Waals surface area contributed by atoms with E-state index >= 15 is 0 Å². The number of benzene rings is 1. The third-order valence-corrected chi connectivity index (χ3v) is 5.23. The molecule has 2 aliphatic rings. The van der Waals surface area contributed by atoms with Crippen LogP contribution >= 0.6 is 0 Å². The number of hydrogen-bond donors (Lipinski definition) is 0. The van der Waals surface area contributed by atoms with Gasteiger partial charge in [-0.2, -0.15) is 0 Å². The van der Waals surface area contributed by atoms with E-state index in [4.69, 9.17) is 4.98 Å². The van der Waals surface area contributed by atoms with Gasteiger partial charge in [0.05, 0.1) is 0 Å². The normalized spacial score (nSPS) is 26.8. The van der Waals surface area contributed by atoms with Gasteiger partial charge in [0.15, 0.2) is 0 Å². The molecule has 0 bridgehead atoms. The van der Waals surface area contributed by atoms with Crippen LogP contribution in [-0.4, -0.2) is 4.98 Å². The number of aromatic nitrogens is 1. The molecule has 1 heteroatoms. The molecule has 0 unspecified atom stereocenters. The average Bonchev–Trinajstić information content (AvgIpc) is 2.95. The van der Waals surface area contributed by atoms with Gasteiger partial charge in [-0.15, -0.1) is 0 Å². The molecule has 1 aromatic carbocycles. The molecule has 2 aliphatic carbocycles. The highest BCUT2D eigenvalue weighted by molar-refractivity contribution is 5.45. The highest BCUT2D eigenvalue weighted by atomic mass is 14.7. The van der Waals surface area contributed by atoms with Crippen LogP contribution in [0, 0.1) is 19.8 Å². The molecule has 1 fully saturated rings. The lowest BCUT2D eigenvalue weighted by molar-refractivity contribution is 0.589. The van der Waals surface area contributed by atoms with E-state index in [2.05, 4.69) is 50.2 Å². The number of aryl methyl sites for hydroxylation is 3. The fourth-order valence-corrected chi connectivity index (χ4v) is 4.28. The first-order chi connectivity index (χ1) is 9.67. The number of fused-ring (bicyclic) bond motifs is 2. The number of nitrogens with zero attached hydrogens (tertiary/aromatic N) is 1. The van der Waals surface area contributed by atoms with E-state index in [1.807, 2.05) is 0 Å². The Balaban J connectivity index is 1.59. The van der Waals surface area contributed by atoms with E-state index < -0.39 is 0 Å². The minimum Gasteiger partial charge on any atom is -0.258 e. The van der Waals surface area contributed by atoms with Gasteiger partial charge in [-0.1, -0.05) is 24.3 Å². The third-order valence-electron chi connectivity index (χ3n) is 5.23. The van der Waals surface area contributed by atoms with Crippen molar-refractivity contribution < 1.29 is 0 Å². The van der Waals surface area contributed by atoms with Crippen LogP contribution in [0.1, 0.15) is 40.9 Å². The fraction of sp³-hybridized carbons (Fsp3) is 0.421. The lowest BCUT2D eigenvalue weighted by Gasteiger charge is -2.12. The minimum atomic E-state index is 0.496. The molecular formula is C19H21N. The van der Waals surface area contributed by atoms with E-state index in [1.54, 1.807) is 11.1 Å². The summed E-state index contributed by atoms with van der Waals surface area (Å²) in [5, 5.41) is 0. The van der Waals surface area contributed by atoms with E-state index in [1.165, 1.54) is 30.5 Å². The van der Waals surface area contributed by atoms with Crippen molar-refractivity contribution in [1.29, 1.82) is 0 Å². The molecule has 1 aromatic heterocycles. The van der Waals surface area contributed by atoms with Gasteiger partial charge < -0.3 is 0 Å². The first-order valence-electron chi connectivity index (χ1n) is 7.70. The number of rotatable bonds is 2. The van der Waals surface area contributed by atoms with Crippen molar-refractivity contribution in [1.82, 2.24) is 4.98 Å². The SMILES string of the molecule is Cc1cc(C)nc(C[C@@H]2C[C@]23CCc2ccccc23)c1. The predicted octanol–water partition coefficient (Wildman–Crippen LogP) is 4.15. The van der Waals surface area contributed by atoms with E-state index in [0.29, 0.717) is 5.41 Å². The minimum absolute atomic E-state index is 0.496. The molecule has 4 rings (SSSR count). The fourth-order valence-electron chi connectivity index (χ4n) is 4.28. The van der Waals surface area contributed by atoms with E-state index in [9.17, 15) is 0 Å². The summed E-state index contributed by atoms with van der Waals surface area (Å²) in [5.74, 6) is 0.805. The summed E-state index contributed by atoms with van der Waals surface area (Å²) in [5.41, 5.74) is 7.50. The largest absolute Gasteiger partial charge is 0.258 e. The molecule has 1 spiro atoms. The van der Waals surface area contributed by atoms with E-state index in [-0.39, 0.29) is 0 Å². The van der Waals surface area contributed by atoms with Crippen LogP contribution in [0.25, 0.3) is 0 Å². The topological polar surface area (TPSA) is 12.9 Å². The van der Waals surface area contributed by atoms with Gasteiger partial charge in [0, 0.05) is 11.4 Å². The van der Waals surface area contributed by atoms with Crippen molar-refractivity contribution in [3.63, 3.8) is 0 Å². The van der Waals surface area contributed by atoms with Gasteiger partial charge in [-0.25, -0.2) is 0 Å². The smallest absolute Gasteiger partial charge is 0.0412 e. The second-order valence-electron chi connectivity index (χ2n) is 6.70. The van der Waals surface area contributed by atoms with Crippen LogP contribution in [0.2, 0.25) is 0 Å². The van der Waals surface area contributed by atoms with Gasteiger partial charge in [0.25, 0.3) is 0 Å². The summed E-state index contributed by atoms with van der Waals surface area (Å²) < 4.78 is 0. The molecule has 0 radical (unpaired) electrons. The molecular weight excluding hydrogens is 242 g/mol. The van der Waals surface area contributed by atoms with Crippen LogP contribution in [0.5, 0.6) is 0 Å². The molecule has 0 amide bonds. The Morgan fingerprint density at radius 2 is 2.05 bits per heavy atom.